The number of hydrogen-bond donors (Lipinski definition) is 3. The maximum absolute atomic E-state index is 13.7. The average Bonchev–Trinajstić information content (AvgIpc) is 3.23. The van der Waals surface area contributed by atoms with Gasteiger partial charge in [0.25, 0.3) is 0 Å². The molecule has 252 valence electrons. The molecule has 0 bridgehead atoms. The zero-order chi connectivity index (χ0) is 33.6. The van der Waals surface area contributed by atoms with Crippen molar-refractivity contribution < 1.29 is 38.2 Å². The van der Waals surface area contributed by atoms with Crippen LogP contribution in [-0.2, 0) is 44.6 Å². The lowest BCUT2D eigenvalue weighted by Crippen LogP contribution is -2.57. The zero-order valence-electron chi connectivity index (χ0n) is 27.6. The molecule has 7 atom stereocenters. The summed E-state index contributed by atoms with van der Waals surface area (Å²) in [4.78, 5) is 68.1. The van der Waals surface area contributed by atoms with Gasteiger partial charge >= 0.3 is 5.97 Å². The van der Waals surface area contributed by atoms with Gasteiger partial charge in [-0.05, 0) is 45.1 Å². The number of carbonyl (C=O) groups excluding carboxylic acids is 5. The van der Waals surface area contributed by atoms with Crippen molar-refractivity contribution in [1.29, 1.82) is 0 Å². The van der Waals surface area contributed by atoms with Crippen molar-refractivity contribution >= 4 is 29.6 Å². The first-order valence-corrected chi connectivity index (χ1v) is 16.1. The first kappa shape index (κ1) is 34.9. The van der Waals surface area contributed by atoms with Crippen LogP contribution in [0.3, 0.4) is 0 Å². The van der Waals surface area contributed by atoms with E-state index in [0.717, 1.165) is 5.56 Å². The van der Waals surface area contributed by atoms with Gasteiger partial charge in [0.2, 0.25) is 23.6 Å². The third-order valence-electron chi connectivity index (χ3n) is 8.52. The number of hydrogen-bond acceptors (Lipinski definition) is 9. The summed E-state index contributed by atoms with van der Waals surface area (Å²) in [5.74, 6) is -2.93. The second-order valence-corrected chi connectivity index (χ2v) is 13.7. The van der Waals surface area contributed by atoms with E-state index in [1.165, 1.54) is 24.5 Å². The Morgan fingerprint density at radius 1 is 0.913 bits per heavy atom. The van der Waals surface area contributed by atoms with Crippen LogP contribution in [0.5, 0.6) is 0 Å². The fourth-order valence-corrected chi connectivity index (χ4v) is 6.33. The van der Waals surface area contributed by atoms with Crippen LogP contribution < -0.4 is 16.0 Å². The highest BCUT2D eigenvalue weighted by molar-refractivity contribution is 6.05. The molecule has 12 heteroatoms. The summed E-state index contributed by atoms with van der Waals surface area (Å²) in [5, 5.41) is 8.66. The number of nitrogens with one attached hydrogen (secondary N) is 3. The van der Waals surface area contributed by atoms with E-state index in [-0.39, 0.29) is 55.2 Å². The maximum Gasteiger partial charge on any atom is 0.323 e. The summed E-state index contributed by atoms with van der Waals surface area (Å²) in [7, 11) is 1.51. The van der Waals surface area contributed by atoms with Crippen molar-refractivity contribution in [3.63, 3.8) is 0 Å². The molecule has 1 saturated carbocycles. The lowest BCUT2D eigenvalue weighted by atomic mass is 9.77. The number of nitrogens with zero attached hydrogens (tertiary/aromatic N) is 1. The SMILES string of the molecule is CNC(=O)[C@H](Cc1ccccc1)NC(=O)[C@H](CC(C)C)N[C@H](CCN1C(=O)C2CC3OC=COC3CC2C1=O)C(=O)OC(C)(C)C. The Balaban J connectivity index is 1.50. The van der Waals surface area contributed by atoms with Gasteiger partial charge < -0.3 is 24.8 Å². The third kappa shape index (κ3) is 8.86. The zero-order valence-corrected chi connectivity index (χ0v) is 27.6. The number of rotatable bonds is 13. The Labute approximate surface area is 271 Å². The normalized spacial score (nSPS) is 24.2. The van der Waals surface area contributed by atoms with Gasteiger partial charge in [0.1, 0.15) is 42.4 Å². The van der Waals surface area contributed by atoms with Crippen molar-refractivity contribution in [2.75, 3.05) is 13.6 Å². The van der Waals surface area contributed by atoms with E-state index in [2.05, 4.69) is 16.0 Å². The molecule has 46 heavy (non-hydrogen) atoms. The summed E-state index contributed by atoms with van der Waals surface area (Å²) in [6.45, 7) is 9.11. The minimum absolute atomic E-state index is 0.0260. The molecule has 1 aromatic carbocycles. The molecule has 0 aromatic heterocycles. The molecule has 1 aliphatic carbocycles. The number of carbonyl (C=O) groups is 5. The van der Waals surface area contributed by atoms with Gasteiger partial charge in [-0.15, -0.1) is 0 Å². The first-order chi connectivity index (χ1) is 21.8. The molecule has 3 N–H and O–H groups in total. The van der Waals surface area contributed by atoms with Crippen LogP contribution in [0.15, 0.2) is 42.9 Å². The minimum atomic E-state index is -1.01. The quantitative estimate of drug-likeness (QED) is 0.218. The van der Waals surface area contributed by atoms with Gasteiger partial charge in [-0.3, -0.25) is 34.2 Å². The van der Waals surface area contributed by atoms with Gasteiger partial charge in [0, 0.05) is 32.9 Å². The van der Waals surface area contributed by atoms with Gasteiger partial charge in [0.15, 0.2) is 0 Å². The van der Waals surface area contributed by atoms with Crippen LogP contribution in [0.4, 0.5) is 0 Å². The maximum atomic E-state index is 13.7. The van der Waals surface area contributed by atoms with Crippen LogP contribution >= 0.6 is 0 Å². The van der Waals surface area contributed by atoms with Gasteiger partial charge in [-0.25, -0.2) is 0 Å². The highest BCUT2D eigenvalue weighted by Crippen LogP contribution is 2.41. The predicted octanol–water partition coefficient (Wildman–Crippen LogP) is 2.21. The molecular formula is C34H48N4O8. The summed E-state index contributed by atoms with van der Waals surface area (Å²) in [5.41, 5.74) is 0.0660. The van der Waals surface area contributed by atoms with Crippen molar-refractivity contribution in [3.8, 4) is 0 Å². The molecule has 4 rings (SSSR count). The van der Waals surface area contributed by atoms with Crippen molar-refractivity contribution in [2.24, 2.45) is 17.8 Å². The second-order valence-electron chi connectivity index (χ2n) is 13.7. The monoisotopic (exact) mass is 640 g/mol. The van der Waals surface area contributed by atoms with E-state index in [0.29, 0.717) is 19.3 Å². The number of amides is 4. The predicted molar refractivity (Wildman–Crippen MR) is 169 cm³/mol. The highest BCUT2D eigenvalue weighted by atomic mass is 16.6. The fourth-order valence-electron chi connectivity index (χ4n) is 6.33. The lowest BCUT2D eigenvalue weighted by molar-refractivity contribution is -0.159. The smallest absolute Gasteiger partial charge is 0.323 e. The van der Waals surface area contributed by atoms with Crippen LogP contribution in [0.25, 0.3) is 0 Å². The Kier molecular flexibility index (Phi) is 11.5. The Hall–Kier alpha value is -3.93. The minimum Gasteiger partial charge on any atom is -0.491 e. The largest absolute Gasteiger partial charge is 0.491 e. The van der Waals surface area contributed by atoms with Crippen LogP contribution in [0.2, 0.25) is 0 Å². The number of ether oxygens (including phenoxy) is 3. The molecule has 2 aliphatic heterocycles. The van der Waals surface area contributed by atoms with E-state index in [1.807, 2.05) is 44.2 Å². The van der Waals surface area contributed by atoms with Gasteiger partial charge in [-0.1, -0.05) is 44.2 Å². The highest BCUT2D eigenvalue weighted by Gasteiger charge is 2.54. The Morgan fingerprint density at radius 3 is 2.02 bits per heavy atom. The Bertz CT molecular complexity index is 1260. The molecule has 4 unspecified atom stereocenters. The lowest BCUT2D eigenvalue weighted by Gasteiger charge is -2.36. The Morgan fingerprint density at radius 2 is 1.50 bits per heavy atom. The van der Waals surface area contributed by atoms with E-state index < -0.39 is 47.4 Å². The van der Waals surface area contributed by atoms with Crippen LogP contribution in [0, 0.1) is 17.8 Å². The molecular weight excluding hydrogens is 592 g/mol. The number of likely N-dealkylation sites (tertiary alicyclic amines) is 1. The summed E-state index contributed by atoms with van der Waals surface area (Å²) >= 11 is 0. The molecule has 1 aromatic rings. The number of benzene rings is 1. The standard InChI is InChI=1S/C34H48N4O8/c1-20(2)16-25(30(40)37-26(29(39)35-6)17-21-10-8-7-9-11-21)36-24(33(43)46-34(3,4)5)12-13-38-31(41)22-18-27-28(45-15-14-44-27)19-23(22)32(38)42/h7-11,14-15,20,22-28,36H,12-13,16-19H2,1-6H3,(H,35,39)(H,37,40)/t22?,23?,24-,25+,26+,27?,28?/m1/s1. The average molecular weight is 641 g/mol. The van der Waals surface area contributed by atoms with Crippen LogP contribution in [-0.4, -0.2) is 84.0 Å². The topological polar surface area (TPSA) is 152 Å². The molecule has 0 spiro atoms. The van der Waals surface area contributed by atoms with Crippen LogP contribution in [0.1, 0.15) is 65.9 Å². The van der Waals surface area contributed by atoms with E-state index in [4.69, 9.17) is 14.2 Å². The number of imide groups is 1. The van der Waals surface area contributed by atoms with Crippen molar-refractivity contribution in [2.45, 2.75) is 103 Å². The fraction of sp³-hybridized carbons (Fsp3) is 0.618. The summed E-state index contributed by atoms with van der Waals surface area (Å²) < 4.78 is 17.0. The van der Waals surface area contributed by atoms with E-state index >= 15 is 0 Å². The molecule has 1 saturated heterocycles. The molecule has 0 radical (unpaired) electrons. The molecule has 3 aliphatic rings. The summed E-state index contributed by atoms with van der Waals surface area (Å²) in [6, 6.07) is 6.65. The number of likely N-dealkylation sites (N-methyl/N-ethyl adjacent to an activating group) is 1. The number of fused-ring (bicyclic) bond motifs is 2. The van der Waals surface area contributed by atoms with Gasteiger partial charge in [-0.2, -0.15) is 0 Å². The van der Waals surface area contributed by atoms with Crippen molar-refractivity contribution in [3.05, 3.63) is 48.4 Å². The molecule has 2 fully saturated rings. The summed E-state index contributed by atoms with van der Waals surface area (Å²) in [6.07, 6.45) is 3.76. The first-order valence-electron chi connectivity index (χ1n) is 16.1. The van der Waals surface area contributed by atoms with E-state index in [1.54, 1.807) is 20.8 Å². The molecule has 2 heterocycles. The van der Waals surface area contributed by atoms with Gasteiger partial charge in [0.05, 0.1) is 17.9 Å². The molecule has 12 nitrogen and oxygen atoms in total. The number of esters is 1. The third-order valence-corrected chi connectivity index (χ3v) is 8.52. The van der Waals surface area contributed by atoms with E-state index in [9.17, 15) is 24.0 Å². The molecule has 4 amide bonds. The van der Waals surface area contributed by atoms with Crippen molar-refractivity contribution in [1.82, 2.24) is 20.9 Å². The second kappa shape index (κ2) is 15.1.